The number of para-hydroxylation sites is 1. The second kappa shape index (κ2) is 6.54. The molecule has 1 aliphatic heterocycles. The first-order chi connectivity index (χ1) is 12.2. The third-order valence-electron chi connectivity index (χ3n) is 5.07. The highest BCUT2D eigenvalue weighted by molar-refractivity contribution is 5.86. The highest BCUT2D eigenvalue weighted by Crippen LogP contribution is 2.33. The Balaban J connectivity index is 1.67. The Hall–Kier alpha value is -2.31. The molecule has 1 aromatic carbocycles. The molecule has 0 radical (unpaired) electrons. The molecule has 4 rings (SSSR count). The molecule has 0 unspecified atom stereocenters. The van der Waals surface area contributed by atoms with E-state index in [2.05, 4.69) is 21.4 Å². The minimum atomic E-state index is -0.146. The smallest absolute Gasteiger partial charge is 0.0962 e. The number of benzene rings is 1. The zero-order valence-corrected chi connectivity index (χ0v) is 14.4. The molecule has 0 bridgehead atoms. The summed E-state index contributed by atoms with van der Waals surface area (Å²) in [5.41, 5.74) is 3.56. The second-order valence-electron chi connectivity index (χ2n) is 6.90. The first-order valence-corrected chi connectivity index (χ1v) is 8.66. The van der Waals surface area contributed by atoms with Crippen molar-refractivity contribution in [3.8, 4) is 5.69 Å². The Morgan fingerprint density at radius 2 is 2.04 bits per heavy atom. The van der Waals surface area contributed by atoms with E-state index in [1.165, 1.54) is 0 Å². The summed E-state index contributed by atoms with van der Waals surface area (Å²) in [4.78, 5) is 4.66. The number of rotatable bonds is 4. The summed E-state index contributed by atoms with van der Waals surface area (Å²) in [7, 11) is 0. The normalized spacial score (nSPS) is 17.0. The van der Waals surface area contributed by atoms with Crippen molar-refractivity contribution in [2.45, 2.75) is 26.2 Å². The highest BCUT2D eigenvalue weighted by atomic mass is 16.5. The van der Waals surface area contributed by atoms with Gasteiger partial charge in [0.05, 0.1) is 23.1 Å². The molecule has 6 nitrogen and oxygen atoms in total. The van der Waals surface area contributed by atoms with Crippen molar-refractivity contribution in [3.63, 3.8) is 0 Å². The predicted octanol–water partition coefficient (Wildman–Crippen LogP) is 2.46. The van der Waals surface area contributed by atoms with Gasteiger partial charge in [-0.2, -0.15) is 0 Å². The van der Waals surface area contributed by atoms with Crippen molar-refractivity contribution in [1.82, 2.24) is 20.0 Å². The number of fused-ring (bicyclic) bond motifs is 1. The van der Waals surface area contributed by atoms with Gasteiger partial charge in [-0.15, -0.1) is 5.10 Å². The monoisotopic (exact) mass is 338 g/mol. The lowest BCUT2D eigenvalue weighted by atomic mass is 9.77. The maximum absolute atomic E-state index is 9.88. The Kier molecular flexibility index (Phi) is 4.23. The van der Waals surface area contributed by atoms with Crippen LogP contribution in [0.5, 0.6) is 0 Å². The predicted molar refractivity (Wildman–Crippen MR) is 94.7 cm³/mol. The molecule has 0 spiro atoms. The number of aliphatic hydroxyl groups excluding tert-OH is 1. The fourth-order valence-corrected chi connectivity index (χ4v) is 3.49. The Bertz CT molecular complexity index is 884. The van der Waals surface area contributed by atoms with Crippen molar-refractivity contribution < 1.29 is 9.84 Å². The number of ether oxygens (including phenoxy) is 1. The van der Waals surface area contributed by atoms with E-state index in [1.807, 2.05) is 37.4 Å². The Labute approximate surface area is 146 Å². The van der Waals surface area contributed by atoms with Crippen molar-refractivity contribution in [2.75, 3.05) is 19.8 Å². The Morgan fingerprint density at radius 1 is 1.20 bits per heavy atom. The SMILES string of the molecule is Cc1ccc2cccc(-n3cc(CC4(CO)CCOCC4)nn3)c2n1. The topological polar surface area (TPSA) is 73.1 Å². The number of aromatic nitrogens is 4. The lowest BCUT2D eigenvalue weighted by molar-refractivity contribution is -0.0162. The van der Waals surface area contributed by atoms with E-state index in [1.54, 1.807) is 4.68 Å². The van der Waals surface area contributed by atoms with Crippen LogP contribution < -0.4 is 0 Å². The molecule has 0 atom stereocenters. The molecule has 1 fully saturated rings. The van der Waals surface area contributed by atoms with Gasteiger partial charge in [-0.25, -0.2) is 4.68 Å². The van der Waals surface area contributed by atoms with Gasteiger partial charge in [0.1, 0.15) is 0 Å². The summed E-state index contributed by atoms with van der Waals surface area (Å²) >= 11 is 0. The van der Waals surface area contributed by atoms with Crippen LogP contribution in [0, 0.1) is 12.3 Å². The molecule has 3 heterocycles. The summed E-state index contributed by atoms with van der Waals surface area (Å²) < 4.78 is 7.22. The van der Waals surface area contributed by atoms with E-state index in [0.717, 1.165) is 40.8 Å². The van der Waals surface area contributed by atoms with Gasteiger partial charge in [0.15, 0.2) is 0 Å². The molecule has 2 aromatic heterocycles. The van der Waals surface area contributed by atoms with Crippen molar-refractivity contribution in [1.29, 1.82) is 0 Å². The van der Waals surface area contributed by atoms with Crippen LogP contribution in [0.15, 0.2) is 36.5 Å². The maximum atomic E-state index is 9.88. The fraction of sp³-hybridized carbons (Fsp3) is 0.421. The summed E-state index contributed by atoms with van der Waals surface area (Å²) in [6.45, 7) is 3.53. The number of hydrogen-bond acceptors (Lipinski definition) is 5. The van der Waals surface area contributed by atoms with E-state index < -0.39 is 0 Å². The van der Waals surface area contributed by atoms with E-state index in [0.29, 0.717) is 19.6 Å². The summed E-state index contributed by atoms with van der Waals surface area (Å²) in [6.07, 6.45) is 4.37. The molecule has 1 aliphatic rings. The van der Waals surface area contributed by atoms with Gasteiger partial charge in [0.25, 0.3) is 0 Å². The van der Waals surface area contributed by atoms with Crippen LogP contribution in [0.1, 0.15) is 24.2 Å². The average molecular weight is 338 g/mol. The lowest BCUT2D eigenvalue weighted by Crippen LogP contribution is -2.35. The molecule has 0 aliphatic carbocycles. The van der Waals surface area contributed by atoms with Gasteiger partial charge < -0.3 is 9.84 Å². The van der Waals surface area contributed by atoms with Crippen LogP contribution in [0.4, 0.5) is 0 Å². The molecule has 1 saturated heterocycles. The van der Waals surface area contributed by atoms with E-state index >= 15 is 0 Å². The van der Waals surface area contributed by atoms with Crippen molar-refractivity contribution >= 4 is 10.9 Å². The summed E-state index contributed by atoms with van der Waals surface area (Å²) in [5, 5.41) is 19.6. The van der Waals surface area contributed by atoms with Crippen LogP contribution in [0.2, 0.25) is 0 Å². The Morgan fingerprint density at radius 3 is 2.84 bits per heavy atom. The molecule has 1 N–H and O–H groups in total. The zero-order valence-electron chi connectivity index (χ0n) is 14.4. The molecule has 0 amide bonds. The number of aliphatic hydroxyl groups is 1. The third-order valence-corrected chi connectivity index (χ3v) is 5.07. The van der Waals surface area contributed by atoms with Gasteiger partial charge in [-0.1, -0.05) is 23.4 Å². The van der Waals surface area contributed by atoms with Crippen LogP contribution >= 0.6 is 0 Å². The summed E-state index contributed by atoms with van der Waals surface area (Å²) in [6, 6.07) is 10.1. The van der Waals surface area contributed by atoms with Gasteiger partial charge >= 0.3 is 0 Å². The van der Waals surface area contributed by atoms with Crippen LogP contribution in [0.3, 0.4) is 0 Å². The zero-order chi connectivity index (χ0) is 17.3. The molecule has 3 aromatic rings. The number of aryl methyl sites for hydroxylation is 1. The molecule has 25 heavy (non-hydrogen) atoms. The number of hydrogen-bond donors (Lipinski definition) is 1. The van der Waals surface area contributed by atoms with Gasteiger partial charge in [0.2, 0.25) is 0 Å². The third kappa shape index (κ3) is 3.15. The molecule has 6 heteroatoms. The standard InChI is InChI=1S/C19H22N4O2/c1-14-5-6-15-3-2-4-17(18(15)20-14)23-12-16(21-22-23)11-19(13-24)7-9-25-10-8-19/h2-6,12,24H,7-11,13H2,1H3. The van der Waals surface area contributed by atoms with Crippen molar-refractivity contribution in [3.05, 3.63) is 47.9 Å². The fourth-order valence-electron chi connectivity index (χ4n) is 3.49. The van der Waals surface area contributed by atoms with Crippen LogP contribution in [-0.4, -0.2) is 44.9 Å². The van der Waals surface area contributed by atoms with Crippen LogP contribution in [-0.2, 0) is 11.2 Å². The maximum Gasteiger partial charge on any atom is 0.0962 e. The average Bonchev–Trinajstić information content (AvgIpc) is 3.10. The van der Waals surface area contributed by atoms with Gasteiger partial charge in [0, 0.05) is 42.7 Å². The quantitative estimate of drug-likeness (QED) is 0.791. The van der Waals surface area contributed by atoms with E-state index in [9.17, 15) is 5.11 Å². The second-order valence-corrected chi connectivity index (χ2v) is 6.90. The molecular formula is C19H22N4O2. The number of pyridine rings is 1. The first-order valence-electron chi connectivity index (χ1n) is 8.66. The lowest BCUT2D eigenvalue weighted by Gasteiger charge is -2.34. The summed E-state index contributed by atoms with van der Waals surface area (Å²) in [5.74, 6) is 0. The highest BCUT2D eigenvalue weighted by Gasteiger charge is 2.33. The number of nitrogens with zero attached hydrogens (tertiary/aromatic N) is 4. The minimum Gasteiger partial charge on any atom is -0.396 e. The molecule has 130 valence electrons. The molecular weight excluding hydrogens is 316 g/mol. The van der Waals surface area contributed by atoms with Gasteiger partial charge in [-0.3, -0.25) is 4.98 Å². The van der Waals surface area contributed by atoms with E-state index in [-0.39, 0.29) is 12.0 Å². The largest absolute Gasteiger partial charge is 0.396 e. The minimum absolute atomic E-state index is 0.146. The van der Waals surface area contributed by atoms with E-state index in [4.69, 9.17) is 4.74 Å². The first kappa shape index (κ1) is 16.2. The van der Waals surface area contributed by atoms with Crippen LogP contribution in [0.25, 0.3) is 16.6 Å². The van der Waals surface area contributed by atoms with Gasteiger partial charge in [-0.05, 0) is 31.9 Å². The molecule has 0 saturated carbocycles. The van der Waals surface area contributed by atoms with Crippen molar-refractivity contribution in [2.24, 2.45) is 5.41 Å².